The standard InChI is InChI=1S/C14H9BrFN3O2/c15-8-5-7(1-2-9(8)16)13-12-10(6-21-14(12)20)18-11-3-4-17-19(11)13/h1-5,12-13H,6H2. The Bertz CT molecular complexity index is 786. The number of hydrogen-bond acceptors (Lipinski definition) is 4. The molecule has 106 valence electrons. The van der Waals surface area contributed by atoms with Crippen LogP contribution >= 0.6 is 15.9 Å². The molecule has 7 heteroatoms. The van der Waals surface area contributed by atoms with Crippen molar-refractivity contribution < 1.29 is 13.9 Å². The van der Waals surface area contributed by atoms with Crippen LogP contribution in [-0.4, -0.2) is 28.1 Å². The zero-order chi connectivity index (χ0) is 14.6. The maximum atomic E-state index is 13.5. The molecule has 5 nitrogen and oxygen atoms in total. The quantitative estimate of drug-likeness (QED) is 0.743. The normalized spacial score (nSPS) is 23.3. The number of fused-ring (bicyclic) bond motifs is 2. The van der Waals surface area contributed by atoms with Crippen molar-refractivity contribution in [2.45, 2.75) is 6.04 Å². The van der Waals surface area contributed by atoms with Crippen LogP contribution in [0.5, 0.6) is 0 Å². The van der Waals surface area contributed by atoms with Gasteiger partial charge in [0.25, 0.3) is 0 Å². The molecule has 1 saturated heterocycles. The maximum absolute atomic E-state index is 13.5. The van der Waals surface area contributed by atoms with Crippen molar-refractivity contribution in [3.8, 4) is 0 Å². The van der Waals surface area contributed by atoms with Gasteiger partial charge in [-0.25, -0.2) is 14.1 Å². The maximum Gasteiger partial charge on any atom is 0.317 e. The monoisotopic (exact) mass is 349 g/mol. The van der Waals surface area contributed by atoms with Crippen LogP contribution in [0.1, 0.15) is 11.6 Å². The van der Waals surface area contributed by atoms with Crippen molar-refractivity contribution in [2.75, 3.05) is 6.61 Å². The number of rotatable bonds is 1. The first-order chi connectivity index (χ1) is 10.1. The lowest BCUT2D eigenvalue weighted by molar-refractivity contribution is -0.142. The van der Waals surface area contributed by atoms with Gasteiger partial charge in [0.15, 0.2) is 5.82 Å². The first-order valence-electron chi connectivity index (χ1n) is 6.38. The van der Waals surface area contributed by atoms with E-state index in [1.807, 2.05) is 0 Å². The Hall–Kier alpha value is -2.02. The Morgan fingerprint density at radius 3 is 3.05 bits per heavy atom. The molecule has 0 amide bonds. The van der Waals surface area contributed by atoms with Gasteiger partial charge in [-0.1, -0.05) is 6.07 Å². The fourth-order valence-electron chi connectivity index (χ4n) is 2.80. The van der Waals surface area contributed by atoms with Gasteiger partial charge in [-0.05, 0) is 33.6 Å². The molecule has 3 heterocycles. The Balaban J connectivity index is 1.91. The second-order valence-electron chi connectivity index (χ2n) is 4.94. The molecule has 2 atom stereocenters. The van der Waals surface area contributed by atoms with Crippen LogP contribution in [0.3, 0.4) is 0 Å². The minimum Gasteiger partial charge on any atom is -0.459 e. The van der Waals surface area contributed by atoms with E-state index in [-0.39, 0.29) is 24.4 Å². The third-order valence-corrected chi connectivity index (χ3v) is 4.35. The molecule has 2 aromatic rings. The summed E-state index contributed by atoms with van der Waals surface area (Å²) in [6.45, 7) is 0.202. The molecular weight excluding hydrogens is 341 g/mol. The highest BCUT2D eigenvalue weighted by molar-refractivity contribution is 9.10. The van der Waals surface area contributed by atoms with Gasteiger partial charge in [-0.15, -0.1) is 0 Å². The molecule has 1 aromatic carbocycles. The predicted octanol–water partition coefficient (Wildman–Crippen LogP) is 2.63. The number of esters is 1. The summed E-state index contributed by atoms with van der Waals surface area (Å²) in [5.74, 6) is -0.502. The minimum atomic E-state index is -0.505. The lowest BCUT2D eigenvalue weighted by atomic mass is 9.89. The molecule has 21 heavy (non-hydrogen) atoms. The molecule has 1 fully saturated rings. The largest absolute Gasteiger partial charge is 0.459 e. The van der Waals surface area contributed by atoms with Gasteiger partial charge in [-0.3, -0.25) is 4.79 Å². The van der Waals surface area contributed by atoms with E-state index in [2.05, 4.69) is 26.0 Å². The summed E-state index contributed by atoms with van der Waals surface area (Å²) >= 11 is 3.18. The highest BCUT2D eigenvalue weighted by atomic mass is 79.9. The average molecular weight is 350 g/mol. The Morgan fingerprint density at radius 2 is 2.24 bits per heavy atom. The number of cyclic esters (lactones) is 1. The molecule has 2 unspecified atom stereocenters. The van der Waals surface area contributed by atoms with Crippen LogP contribution in [-0.2, 0) is 9.53 Å². The van der Waals surface area contributed by atoms with Gasteiger partial charge in [-0.2, -0.15) is 5.10 Å². The lowest BCUT2D eigenvalue weighted by Crippen LogP contribution is -2.32. The summed E-state index contributed by atoms with van der Waals surface area (Å²) in [7, 11) is 0. The number of nitrogens with zero attached hydrogens (tertiary/aromatic N) is 3. The number of carbonyl (C=O) groups excluding carboxylic acids is 1. The summed E-state index contributed by atoms with van der Waals surface area (Å²) in [6, 6.07) is 6.10. The number of ether oxygens (including phenoxy) is 1. The van der Waals surface area contributed by atoms with Crippen LogP contribution in [0.4, 0.5) is 10.2 Å². The molecule has 0 radical (unpaired) electrons. The summed E-state index contributed by atoms with van der Waals surface area (Å²) in [4.78, 5) is 16.5. The van der Waals surface area contributed by atoms with Crippen molar-refractivity contribution in [3.05, 3.63) is 46.3 Å². The fraction of sp³-hybridized carbons (Fsp3) is 0.214. The van der Waals surface area contributed by atoms with Crippen LogP contribution in [0.15, 0.2) is 39.9 Å². The highest BCUT2D eigenvalue weighted by Gasteiger charge is 2.45. The van der Waals surface area contributed by atoms with Crippen molar-refractivity contribution >= 4 is 33.4 Å². The highest BCUT2D eigenvalue weighted by Crippen LogP contribution is 2.39. The Morgan fingerprint density at radius 1 is 1.38 bits per heavy atom. The summed E-state index contributed by atoms with van der Waals surface area (Å²) in [5.41, 5.74) is 1.47. The second-order valence-corrected chi connectivity index (χ2v) is 5.80. The zero-order valence-electron chi connectivity index (χ0n) is 10.7. The minimum absolute atomic E-state index is 0.202. The summed E-state index contributed by atoms with van der Waals surface area (Å²) in [6.07, 6.45) is 1.64. The first kappa shape index (κ1) is 12.7. The van der Waals surface area contributed by atoms with E-state index >= 15 is 0 Å². The van der Waals surface area contributed by atoms with E-state index in [0.717, 1.165) is 5.56 Å². The number of aromatic nitrogens is 2. The number of carbonyl (C=O) groups is 1. The smallest absolute Gasteiger partial charge is 0.317 e. The topological polar surface area (TPSA) is 56.5 Å². The predicted molar refractivity (Wildman–Crippen MR) is 76.0 cm³/mol. The van der Waals surface area contributed by atoms with Gasteiger partial charge >= 0.3 is 5.97 Å². The van der Waals surface area contributed by atoms with Gasteiger partial charge in [0.2, 0.25) is 0 Å². The van der Waals surface area contributed by atoms with E-state index in [1.165, 1.54) is 6.07 Å². The second kappa shape index (κ2) is 4.49. The molecule has 2 aliphatic heterocycles. The van der Waals surface area contributed by atoms with Crippen molar-refractivity contribution in [3.63, 3.8) is 0 Å². The first-order valence-corrected chi connectivity index (χ1v) is 7.17. The van der Waals surface area contributed by atoms with Crippen molar-refractivity contribution in [2.24, 2.45) is 10.9 Å². The van der Waals surface area contributed by atoms with Crippen molar-refractivity contribution in [1.29, 1.82) is 0 Å². The third kappa shape index (κ3) is 1.84. The number of aliphatic imine (C=N–C) groups is 1. The van der Waals surface area contributed by atoms with Crippen LogP contribution in [0, 0.1) is 11.7 Å². The van der Waals surface area contributed by atoms with Crippen LogP contribution in [0.25, 0.3) is 0 Å². The van der Waals surface area contributed by atoms with E-state index < -0.39 is 5.92 Å². The SMILES string of the molecule is O=C1OCC2=Nc3ccnn3C(c3ccc(F)c(Br)c3)C12. The van der Waals surface area contributed by atoms with Gasteiger partial charge in [0.05, 0.1) is 22.4 Å². The third-order valence-electron chi connectivity index (χ3n) is 3.75. The average Bonchev–Trinajstić information content (AvgIpc) is 3.07. The Kier molecular flexibility index (Phi) is 2.72. The fourth-order valence-corrected chi connectivity index (χ4v) is 3.20. The van der Waals surface area contributed by atoms with Crippen LogP contribution < -0.4 is 0 Å². The zero-order valence-corrected chi connectivity index (χ0v) is 12.2. The molecule has 0 bridgehead atoms. The lowest BCUT2D eigenvalue weighted by Gasteiger charge is -2.26. The number of benzene rings is 1. The van der Waals surface area contributed by atoms with E-state index in [9.17, 15) is 9.18 Å². The summed E-state index contributed by atoms with van der Waals surface area (Å²) < 4.78 is 20.6. The van der Waals surface area contributed by atoms with Crippen molar-refractivity contribution in [1.82, 2.24) is 9.78 Å². The molecule has 0 aliphatic carbocycles. The van der Waals surface area contributed by atoms with Gasteiger partial charge in [0, 0.05) is 6.07 Å². The van der Waals surface area contributed by atoms with E-state index in [0.29, 0.717) is 16.0 Å². The van der Waals surface area contributed by atoms with Gasteiger partial charge in [0.1, 0.15) is 18.3 Å². The molecule has 1 aromatic heterocycles. The molecule has 4 rings (SSSR count). The number of halogens is 2. The Labute approximate surface area is 127 Å². The molecule has 0 N–H and O–H groups in total. The molecule has 0 spiro atoms. The van der Waals surface area contributed by atoms with E-state index in [1.54, 1.807) is 29.1 Å². The molecule has 2 aliphatic rings. The number of hydrogen-bond donors (Lipinski definition) is 0. The van der Waals surface area contributed by atoms with E-state index in [4.69, 9.17) is 4.74 Å². The summed E-state index contributed by atoms with van der Waals surface area (Å²) in [5, 5.41) is 4.25. The van der Waals surface area contributed by atoms with Crippen LogP contribution in [0.2, 0.25) is 0 Å². The molecule has 0 saturated carbocycles. The molecular formula is C14H9BrFN3O2. The van der Waals surface area contributed by atoms with Gasteiger partial charge < -0.3 is 4.74 Å².